The van der Waals surface area contributed by atoms with E-state index in [2.05, 4.69) is 10.3 Å². The molecular weight excluding hydrogens is 328 g/mol. The van der Waals surface area contributed by atoms with Crippen molar-refractivity contribution in [3.05, 3.63) is 34.7 Å². The van der Waals surface area contributed by atoms with Gasteiger partial charge in [0, 0.05) is 19.1 Å². The smallest absolute Gasteiger partial charge is 0.326 e. The molecule has 0 bridgehead atoms. The number of rotatable bonds is 2. The van der Waals surface area contributed by atoms with Crippen molar-refractivity contribution in [2.45, 2.75) is 37.8 Å². The summed E-state index contributed by atoms with van der Waals surface area (Å²) in [5, 5.41) is 3.27. The lowest BCUT2D eigenvalue weighted by Crippen LogP contribution is -2.47. The van der Waals surface area contributed by atoms with E-state index in [0.717, 1.165) is 56.4 Å². The minimum absolute atomic E-state index is 0. The average molecular weight is 351 g/mol. The molecule has 2 N–H and O–H groups in total. The maximum absolute atomic E-state index is 12.5. The first-order chi connectivity index (χ1) is 11.2. The molecule has 24 heavy (non-hydrogen) atoms. The van der Waals surface area contributed by atoms with Crippen LogP contribution in [0.5, 0.6) is 0 Å². The van der Waals surface area contributed by atoms with Crippen LogP contribution in [-0.2, 0) is 4.79 Å². The van der Waals surface area contributed by atoms with E-state index in [1.807, 2.05) is 33.7 Å². The van der Waals surface area contributed by atoms with Gasteiger partial charge in [-0.2, -0.15) is 0 Å². The summed E-state index contributed by atoms with van der Waals surface area (Å²) in [6, 6.07) is 7.96. The van der Waals surface area contributed by atoms with E-state index < -0.39 is 0 Å². The Morgan fingerprint density at radius 3 is 2.58 bits per heavy atom. The zero-order valence-corrected chi connectivity index (χ0v) is 14.3. The van der Waals surface area contributed by atoms with E-state index in [1.165, 1.54) is 0 Å². The number of nitrogens with zero attached hydrogens (tertiary/aromatic N) is 2. The zero-order chi connectivity index (χ0) is 15.8. The molecule has 2 aliphatic rings. The Balaban J connectivity index is 0.00000169. The second kappa shape index (κ2) is 6.99. The molecule has 3 heterocycles. The zero-order valence-electron chi connectivity index (χ0n) is 13.5. The van der Waals surface area contributed by atoms with Crippen LogP contribution in [0, 0.1) is 0 Å². The summed E-state index contributed by atoms with van der Waals surface area (Å²) in [7, 11) is 0. The number of carbonyl (C=O) groups excluding carboxylic acids is 1. The Bertz CT molecular complexity index is 770. The number of halogens is 1. The third-order valence-electron chi connectivity index (χ3n) is 5.12. The number of aromatic amines is 1. The number of nitrogens with one attached hydrogen (secondary N) is 2. The summed E-state index contributed by atoms with van der Waals surface area (Å²) in [4.78, 5) is 29.6. The van der Waals surface area contributed by atoms with Gasteiger partial charge in [0.05, 0.1) is 17.1 Å². The standard InChI is InChI=1S/C17H22N4O2.ClH/c22-16(14-5-3-9-18-14)20-10-7-12(8-11-20)21-15-6-2-1-4-13(15)19-17(21)23;/h1-2,4,6,12,14,18H,3,5,7-11H2,(H,19,23);1H. The highest BCUT2D eigenvalue weighted by molar-refractivity contribution is 5.85. The van der Waals surface area contributed by atoms with Gasteiger partial charge in [-0.25, -0.2) is 4.79 Å². The number of hydrogen-bond donors (Lipinski definition) is 2. The number of imidazole rings is 1. The molecule has 1 amide bonds. The summed E-state index contributed by atoms with van der Waals surface area (Å²) in [5.74, 6) is 0.229. The molecule has 1 aromatic heterocycles. The van der Waals surface area contributed by atoms with Gasteiger partial charge in [-0.15, -0.1) is 12.4 Å². The quantitative estimate of drug-likeness (QED) is 0.865. The van der Waals surface area contributed by atoms with Crippen LogP contribution in [0.15, 0.2) is 29.1 Å². The number of amides is 1. The number of piperidine rings is 1. The van der Waals surface area contributed by atoms with Gasteiger partial charge in [-0.3, -0.25) is 9.36 Å². The number of carbonyl (C=O) groups is 1. The molecule has 0 radical (unpaired) electrons. The number of likely N-dealkylation sites (tertiary alicyclic amines) is 1. The van der Waals surface area contributed by atoms with Crippen LogP contribution in [0.3, 0.4) is 0 Å². The summed E-state index contributed by atoms with van der Waals surface area (Å²) in [6.45, 7) is 2.40. The number of para-hydroxylation sites is 2. The first-order valence-electron chi connectivity index (χ1n) is 8.45. The Morgan fingerprint density at radius 2 is 1.88 bits per heavy atom. The molecule has 1 aromatic carbocycles. The van der Waals surface area contributed by atoms with Crippen molar-refractivity contribution >= 4 is 29.3 Å². The van der Waals surface area contributed by atoms with Crippen molar-refractivity contribution in [2.24, 2.45) is 0 Å². The number of H-pyrrole nitrogens is 1. The van der Waals surface area contributed by atoms with Crippen molar-refractivity contribution in [3.8, 4) is 0 Å². The molecule has 4 rings (SSSR count). The van der Waals surface area contributed by atoms with E-state index >= 15 is 0 Å². The highest BCUT2D eigenvalue weighted by Crippen LogP contribution is 2.25. The minimum Gasteiger partial charge on any atom is -0.341 e. The molecule has 2 aliphatic heterocycles. The molecule has 0 saturated carbocycles. The fraction of sp³-hybridized carbons (Fsp3) is 0.529. The lowest BCUT2D eigenvalue weighted by molar-refractivity contribution is -0.134. The van der Waals surface area contributed by atoms with Gasteiger partial charge in [0.2, 0.25) is 5.91 Å². The van der Waals surface area contributed by atoms with Crippen molar-refractivity contribution in [1.82, 2.24) is 19.8 Å². The molecule has 130 valence electrons. The molecule has 0 aliphatic carbocycles. The predicted molar refractivity (Wildman–Crippen MR) is 95.7 cm³/mol. The van der Waals surface area contributed by atoms with Crippen LogP contribution in [0.4, 0.5) is 0 Å². The van der Waals surface area contributed by atoms with E-state index in [4.69, 9.17) is 0 Å². The van der Waals surface area contributed by atoms with Crippen LogP contribution in [0.1, 0.15) is 31.7 Å². The van der Waals surface area contributed by atoms with Crippen LogP contribution >= 0.6 is 12.4 Å². The molecule has 1 atom stereocenters. The first-order valence-corrected chi connectivity index (χ1v) is 8.45. The molecule has 6 nitrogen and oxygen atoms in total. The fourth-order valence-corrected chi connectivity index (χ4v) is 3.90. The van der Waals surface area contributed by atoms with Crippen molar-refractivity contribution in [2.75, 3.05) is 19.6 Å². The van der Waals surface area contributed by atoms with Gasteiger partial charge in [0.1, 0.15) is 0 Å². The van der Waals surface area contributed by atoms with Crippen LogP contribution < -0.4 is 11.0 Å². The average Bonchev–Trinajstić information content (AvgIpc) is 3.21. The molecule has 0 spiro atoms. The monoisotopic (exact) mass is 350 g/mol. The Labute approximate surface area is 146 Å². The van der Waals surface area contributed by atoms with Crippen molar-refractivity contribution in [3.63, 3.8) is 0 Å². The second-order valence-corrected chi connectivity index (χ2v) is 6.52. The normalized spacial score (nSPS) is 21.8. The van der Waals surface area contributed by atoms with Crippen molar-refractivity contribution < 1.29 is 4.79 Å². The summed E-state index contributed by atoms with van der Waals surface area (Å²) in [5.41, 5.74) is 1.79. The Kier molecular flexibility index (Phi) is 4.96. The predicted octanol–water partition coefficient (Wildman–Crippen LogP) is 1.67. The fourth-order valence-electron chi connectivity index (χ4n) is 3.90. The van der Waals surface area contributed by atoms with Gasteiger partial charge < -0.3 is 15.2 Å². The highest BCUT2D eigenvalue weighted by Gasteiger charge is 2.31. The largest absolute Gasteiger partial charge is 0.341 e. The number of fused-ring (bicyclic) bond motifs is 1. The summed E-state index contributed by atoms with van der Waals surface area (Å²) < 4.78 is 1.87. The van der Waals surface area contributed by atoms with E-state index in [9.17, 15) is 9.59 Å². The molecule has 2 fully saturated rings. The number of aromatic nitrogens is 2. The van der Waals surface area contributed by atoms with E-state index in [-0.39, 0.29) is 36.1 Å². The van der Waals surface area contributed by atoms with Gasteiger partial charge in [-0.1, -0.05) is 12.1 Å². The Morgan fingerprint density at radius 1 is 1.12 bits per heavy atom. The van der Waals surface area contributed by atoms with Crippen LogP contribution in [-0.4, -0.2) is 46.0 Å². The van der Waals surface area contributed by atoms with Crippen LogP contribution in [0.2, 0.25) is 0 Å². The molecule has 2 aromatic rings. The highest BCUT2D eigenvalue weighted by atomic mass is 35.5. The lowest BCUT2D eigenvalue weighted by atomic mass is 10.0. The second-order valence-electron chi connectivity index (χ2n) is 6.52. The third kappa shape index (κ3) is 2.96. The molecule has 1 unspecified atom stereocenters. The third-order valence-corrected chi connectivity index (χ3v) is 5.12. The molecule has 2 saturated heterocycles. The van der Waals surface area contributed by atoms with Gasteiger partial charge >= 0.3 is 5.69 Å². The lowest BCUT2D eigenvalue weighted by Gasteiger charge is -2.34. The summed E-state index contributed by atoms with van der Waals surface area (Å²) in [6.07, 6.45) is 3.69. The van der Waals surface area contributed by atoms with Gasteiger partial charge in [0.15, 0.2) is 0 Å². The topological polar surface area (TPSA) is 70.1 Å². The van der Waals surface area contributed by atoms with Crippen LogP contribution in [0.25, 0.3) is 11.0 Å². The maximum Gasteiger partial charge on any atom is 0.326 e. The van der Waals surface area contributed by atoms with E-state index in [1.54, 1.807) is 0 Å². The number of hydrogen-bond acceptors (Lipinski definition) is 3. The molecule has 7 heteroatoms. The van der Waals surface area contributed by atoms with Gasteiger partial charge in [-0.05, 0) is 44.4 Å². The minimum atomic E-state index is -0.0477. The molecular formula is C17H23ClN4O2. The number of benzene rings is 1. The maximum atomic E-state index is 12.5. The summed E-state index contributed by atoms with van der Waals surface area (Å²) >= 11 is 0. The van der Waals surface area contributed by atoms with Crippen molar-refractivity contribution in [1.29, 1.82) is 0 Å². The Hall–Kier alpha value is -1.79. The van der Waals surface area contributed by atoms with Gasteiger partial charge in [0.25, 0.3) is 0 Å². The SMILES string of the molecule is Cl.O=C(C1CCCN1)N1CCC(n2c(=O)[nH]c3ccccc32)CC1. The van der Waals surface area contributed by atoms with E-state index in [0.29, 0.717) is 0 Å². The first kappa shape index (κ1) is 17.0.